The van der Waals surface area contributed by atoms with Crippen LogP contribution < -0.4 is 18.9 Å². The fourth-order valence-electron chi connectivity index (χ4n) is 14.1. The molecule has 0 aromatic heterocycles. The molecule has 12 nitrogen and oxygen atoms in total. The first kappa shape index (κ1) is 88.6. The lowest BCUT2D eigenvalue weighted by molar-refractivity contribution is -0.134. The molecule has 4 amide bonds. The lowest BCUT2D eigenvalue weighted by atomic mass is 9.79. The van der Waals surface area contributed by atoms with E-state index in [9.17, 15) is 0 Å². The maximum atomic E-state index is 15.1. The predicted octanol–water partition coefficient (Wildman–Crippen LogP) is 21.9. The van der Waals surface area contributed by atoms with Crippen molar-refractivity contribution >= 4 is 23.6 Å². The van der Waals surface area contributed by atoms with Gasteiger partial charge < -0.3 is 38.5 Å². The zero-order valence-corrected chi connectivity index (χ0v) is 70.0. The summed E-state index contributed by atoms with van der Waals surface area (Å²) in [5.74, 6) is 2.45. The smallest absolute Gasteiger partial charge is 0.260 e. The molecule has 104 heavy (non-hydrogen) atoms. The van der Waals surface area contributed by atoms with Crippen LogP contribution in [0.1, 0.15) is 359 Å². The van der Waals surface area contributed by atoms with Crippen LogP contribution in [0, 0.1) is 0 Å². The van der Waals surface area contributed by atoms with Crippen molar-refractivity contribution in [3.05, 3.63) is 115 Å². The number of nitrogens with zero attached hydrogens (tertiary/aromatic N) is 4. The highest BCUT2D eigenvalue weighted by Crippen LogP contribution is 2.45. The molecule has 0 saturated heterocycles. The van der Waals surface area contributed by atoms with Gasteiger partial charge in [0, 0.05) is 78.0 Å². The Morgan fingerprint density at radius 3 is 0.500 bits per heavy atom. The Hall–Kier alpha value is -6.04. The average Bonchev–Trinajstić information content (AvgIpc) is 0.764. The maximum absolute atomic E-state index is 15.1. The predicted molar refractivity (Wildman–Crippen MR) is 436 cm³/mol. The van der Waals surface area contributed by atoms with E-state index in [4.69, 9.17) is 18.9 Å². The molecule has 0 spiro atoms. The number of carbonyl (C=O) groups excluding carboxylic acids is 4. The summed E-state index contributed by atoms with van der Waals surface area (Å²) in [6.07, 6.45) is 25.6. The SMILES string of the molecule is CCCCCN(CCCCC)C(=O)COc1c2cc(C(C)(C)C)cc1Cc1cc(C(C)(C)C)cc(c1OCC(=O)N(CCCCC)CCCCC)Cc1cc(C(C)(C)C)cc(c1OCC(=O)N(CCCCC)CCCCC)Cc1cc(C(C)(C)C)cc(c1OCC(=O)N(CCCCC)CCCCC)C2. The molecule has 0 heterocycles. The summed E-state index contributed by atoms with van der Waals surface area (Å²) in [6, 6.07) is 18.4. The van der Waals surface area contributed by atoms with Gasteiger partial charge in [-0.1, -0.05) is 290 Å². The van der Waals surface area contributed by atoms with Gasteiger partial charge in [0.25, 0.3) is 23.6 Å². The van der Waals surface area contributed by atoms with Gasteiger partial charge in [-0.05, 0) is 140 Å². The molecule has 0 fully saturated rings. The second kappa shape index (κ2) is 44.3. The highest BCUT2D eigenvalue weighted by Gasteiger charge is 2.32. The summed E-state index contributed by atoms with van der Waals surface area (Å²) >= 11 is 0. The highest BCUT2D eigenvalue weighted by molar-refractivity contribution is 5.80. The minimum absolute atomic E-state index is 0.0312. The molecular weight excluding hydrogens is 1290 g/mol. The Labute approximate surface area is 635 Å². The van der Waals surface area contributed by atoms with E-state index >= 15 is 19.2 Å². The number of amides is 4. The van der Waals surface area contributed by atoms with Crippen molar-refractivity contribution in [2.45, 2.75) is 340 Å². The highest BCUT2D eigenvalue weighted by atomic mass is 16.5. The molecule has 1 aliphatic carbocycles. The van der Waals surface area contributed by atoms with E-state index in [1.807, 2.05) is 19.6 Å². The van der Waals surface area contributed by atoms with Crippen LogP contribution in [0.15, 0.2) is 48.5 Å². The first-order valence-electron chi connectivity index (χ1n) is 41.7. The first-order valence-corrected chi connectivity index (χ1v) is 41.7. The molecule has 1 aliphatic rings. The molecule has 8 bridgehead atoms. The molecule has 584 valence electrons. The van der Waals surface area contributed by atoms with Crippen LogP contribution >= 0.6 is 0 Å². The van der Waals surface area contributed by atoms with Gasteiger partial charge in [-0.25, -0.2) is 0 Å². The Morgan fingerprint density at radius 1 is 0.250 bits per heavy atom. The topological polar surface area (TPSA) is 118 Å². The van der Waals surface area contributed by atoms with Crippen molar-refractivity contribution in [1.29, 1.82) is 0 Å². The molecule has 0 aliphatic heterocycles. The molecular formula is C92H148N4O8. The molecule has 4 aromatic rings. The standard InChI is InChI=1S/C92H148N4O8/c1-21-29-37-45-93(46-38-30-22-2)81(97)65-101-85-69-53-71-59-78(90(12,13)14)61-73(86(71)102-66-82(98)94(47-39-31-23-3)48-40-32-24-4)55-75-63-80(92(18,19)20)64-76(88(75)104-68-84(100)96(51-43-35-27-7)52-44-36-28-8)56-74-62-79(91(15,16)17)60-72(54-70(85)58-77(57-69)89(9,10)11)87(74)103-67-83(99)95(49-41-33-25-5)50-42-34-26-6/h57-64H,21-56,65-68H2,1-20H3. The Morgan fingerprint density at radius 2 is 0.385 bits per heavy atom. The quantitative estimate of drug-likeness (QED) is 0.0354. The summed E-state index contributed by atoms with van der Waals surface area (Å²) in [6.45, 7) is 49.6. The fourth-order valence-corrected chi connectivity index (χ4v) is 14.1. The van der Waals surface area contributed by atoms with Gasteiger partial charge in [0.15, 0.2) is 26.4 Å². The fraction of sp³-hybridized carbons (Fsp3) is 0.696. The molecule has 5 rings (SSSR count). The van der Waals surface area contributed by atoms with E-state index in [1.165, 1.54) is 0 Å². The van der Waals surface area contributed by atoms with E-state index < -0.39 is 0 Å². The zero-order valence-electron chi connectivity index (χ0n) is 70.0. The largest absolute Gasteiger partial charge is 0.483 e. The third-order valence-electron chi connectivity index (χ3n) is 21.0. The number of hydrogen-bond acceptors (Lipinski definition) is 8. The normalized spacial score (nSPS) is 12.7. The van der Waals surface area contributed by atoms with Gasteiger partial charge in [0.1, 0.15) is 23.0 Å². The summed E-state index contributed by atoms with van der Waals surface area (Å²) in [4.78, 5) is 68.6. The summed E-state index contributed by atoms with van der Waals surface area (Å²) in [5, 5.41) is 0. The van der Waals surface area contributed by atoms with E-state index in [0.29, 0.717) is 101 Å². The molecule has 0 N–H and O–H groups in total. The van der Waals surface area contributed by atoms with Gasteiger partial charge in [-0.3, -0.25) is 19.2 Å². The van der Waals surface area contributed by atoms with Crippen molar-refractivity contribution in [2.24, 2.45) is 0 Å². The summed E-state index contributed by atoms with van der Waals surface area (Å²) < 4.78 is 29.5. The van der Waals surface area contributed by atoms with Crippen molar-refractivity contribution < 1.29 is 38.1 Å². The average molecular weight is 1440 g/mol. The van der Waals surface area contributed by atoms with Crippen LogP contribution in [0.5, 0.6) is 23.0 Å². The second-order valence-electron chi connectivity index (χ2n) is 34.5. The van der Waals surface area contributed by atoms with Crippen molar-refractivity contribution in [2.75, 3.05) is 78.8 Å². The summed E-state index contributed by atoms with van der Waals surface area (Å²) in [7, 11) is 0. The van der Waals surface area contributed by atoms with Crippen molar-refractivity contribution in [3.8, 4) is 23.0 Å². The van der Waals surface area contributed by atoms with Crippen molar-refractivity contribution in [3.63, 3.8) is 0 Å². The summed E-state index contributed by atoms with van der Waals surface area (Å²) in [5.41, 5.74) is 10.3. The first-order chi connectivity index (χ1) is 49.5. The van der Waals surface area contributed by atoms with E-state index in [2.05, 4.69) is 187 Å². The Kier molecular flexibility index (Phi) is 37.7. The molecule has 4 aromatic carbocycles. The lowest BCUT2D eigenvalue weighted by Crippen LogP contribution is -2.37. The number of unbranched alkanes of at least 4 members (excludes halogenated alkanes) is 16. The molecule has 0 radical (unpaired) electrons. The zero-order chi connectivity index (χ0) is 76.6. The number of fused-ring (bicyclic) bond motifs is 8. The van der Waals surface area contributed by atoms with Crippen molar-refractivity contribution in [1.82, 2.24) is 19.6 Å². The maximum Gasteiger partial charge on any atom is 0.260 e. The van der Waals surface area contributed by atoms with Gasteiger partial charge in [0.2, 0.25) is 0 Å². The number of hydrogen-bond donors (Lipinski definition) is 0. The third-order valence-corrected chi connectivity index (χ3v) is 21.0. The molecule has 0 unspecified atom stereocenters. The van der Waals surface area contributed by atoms with Gasteiger partial charge in [0.05, 0.1) is 0 Å². The lowest BCUT2D eigenvalue weighted by Gasteiger charge is -2.30. The second-order valence-corrected chi connectivity index (χ2v) is 34.5. The minimum Gasteiger partial charge on any atom is -0.483 e. The number of ether oxygens (including phenoxy) is 4. The number of rotatable bonds is 44. The molecule has 12 heteroatoms. The Balaban J connectivity index is 2.05. The van der Waals surface area contributed by atoms with Gasteiger partial charge >= 0.3 is 0 Å². The van der Waals surface area contributed by atoms with E-state index in [1.54, 1.807) is 0 Å². The van der Waals surface area contributed by atoms with E-state index in [0.717, 1.165) is 221 Å². The Bertz CT molecular complexity index is 2700. The van der Waals surface area contributed by atoms with Crippen LogP contribution in [0.3, 0.4) is 0 Å². The van der Waals surface area contributed by atoms with Crippen LogP contribution in [-0.4, -0.2) is 122 Å². The van der Waals surface area contributed by atoms with E-state index in [-0.39, 0.29) is 71.7 Å². The van der Waals surface area contributed by atoms with Gasteiger partial charge in [-0.2, -0.15) is 0 Å². The monoisotopic (exact) mass is 1440 g/mol. The van der Waals surface area contributed by atoms with Crippen LogP contribution in [0.25, 0.3) is 0 Å². The minimum atomic E-state index is -0.340. The van der Waals surface area contributed by atoms with Crippen LogP contribution in [0.2, 0.25) is 0 Å². The van der Waals surface area contributed by atoms with Crippen LogP contribution in [-0.2, 0) is 66.5 Å². The number of carbonyl (C=O) groups is 4. The number of benzene rings is 4. The third kappa shape index (κ3) is 28.6. The molecule has 0 atom stereocenters. The van der Waals surface area contributed by atoms with Crippen LogP contribution in [0.4, 0.5) is 0 Å². The molecule has 0 saturated carbocycles. The van der Waals surface area contributed by atoms with Gasteiger partial charge in [-0.15, -0.1) is 0 Å².